The van der Waals surface area contributed by atoms with E-state index in [0.717, 1.165) is 24.3 Å². The van der Waals surface area contributed by atoms with Crippen LogP contribution in [0.3, 0.4) is 0 Å². The molecule has 0 radical (unpaired) electrons. The molecule has 0 saturated carbocycles. The molecular weight excluding hydrogens is 355 g/mol. The Hall–Kier alpha value is -3.36. The lowest BCUT2D eigenvalue weighted by Gasteiger charge is -2.09. The first kappa shape index (κ1) is 17.5. The normalized spacial score (nSPS) is 13.7. The van der Waals surface area contributed by atoms with Crippen molar-refractivity contribution < 1.29 is 37.4 Å². The molecule has 0 bridgehead atoms. The van der Waals surface area contributed by atoms with E-state index in [4.69, 9.17) is 9.84 Å². The van der Waals surface area contributed by atoms with Gasteiger partial charge in [-0.05, 0) is 42.5 Å². The summed E-state index contributed by atoms with van der Waals surface area (Å²) in [6, 6.07) is 7.87. The van der Waals surface area contributed by atoms with Crippen LogP contribution in [-0.2, 0) is 11.0 Å². The van der Waals surface area contributed by atoms with Crippen molar-refractivity contribution in [2.24, 2.45) is 0 Å². The van der Waals surface area contributed by atoms with Crippen LogP contribution in [0.4, 0.5) is 13.2 Å². The predicted molar refractivity (Wildman–Crippen MR) is 81.0 cm³/mol. The number of aliphatic carboxylic acids is 1. The molecule has 2 aromatic rings. The Labute approximate surface area is 144 Å². The van der Waals surface area contributed by atoms with Crippen LogP contribution in [0, 0.1) is 0 Å². The van der Waals surface area contributed by atoms with E-state index in [1.165, 1.54) is 18.2 Å². The average Bonchev–Trinajstić information content (AvgIpc) is 2.79. The molecule has 1 heterocycles. The number of benzene rings is 2. The van der Waals surface area contributed by atoms with Crippen LogP contribution < -0.4 is 4.74 Å². The van der Waals surface area contributed by atoms with Gasteiger partial charge < -0.3 is 9.84 Å². The maximum absolute atomic E-state index is 12.5. The summed E-state index contributed by atoms with van der Waals surface area (Å²) in [5.74, 6) is -2.60. The van der Waals surface area contributed by atoms with Gasteiger partial charge in [0.2, 0.25) is 0 Å². The summed E-state index contributed by atoms with van der Waals surface area (Å²) in [4.78, 5) is 35.5. The summed E-state index contributed by atoms with van der Waals surface area (Å²) < 4.78 is 43.0. The van der Waals surface area contributed by atoms with Crippen LogP contribution in [0.25, 0.3) is 0 Å². The maximum Gasteiger partial charge on any atom is 0.416 e. The topological polar surface area (TPSA) is 83.9 Å². The smallest absolute Gasteiger partial charge is 0.416 e. The van der Waals surface area contributed by atoms with Gasteiger partial charge in [-0.3, -0.25) is 19.3 Å². The minimum absolute atomic E-state index is 0.0272. The van der Waals surface area contributed by atoms with Crippen molar-refractivity contribution in [1.29, 1.82) is 0 Å². The molecule has 0 atom stereocenters. The van der Waals surface area contributed by atoms with E-state index in [9.17, 15) is 27.6 Å². The molecule has 26 heavy (non-hydrogen) atoms. The molecule has 0 fully saturated rings. The monoisotopic (exact) mass is 365 g/mol. The van der Waals surface area contributed by atoms with Crippen LogP contribution in [0.15, 0.2) is 42.5 Å². The lowest BCUT2D eigenvalue weighted by Crippen LogP contribution is -2.34. The highest BCUT2D eigenvalue weighted by atomic mass is 19.4. The van der Waals surface area contributed by atoms with Gasteiger partial charge in [-0.15, -0.1) is 0 Å². The van der Waals surface area contributed by atoms with E-state index in [1.807, 2.05) is 0 Å². The average molecular weight is 365 g/mol. The molecule has 0 saturated heterocycles. The first-order valence-electron chi connectivity index (χ1n) is 7.24. The Morgan fingerprint density at radius 2 is 1.54 bits per heavy atom. The highest BCUT2D eigenvalue weighted by Gasteiger charge is 2.37. The standard InChI is InChI=1S/C17H10F3NO5/c18-17(19,20)9-1-3-10(4-2-9)26-11-5-6-12-13(7-11)16(25)21(15(12)24)8-14(22)23/h1-7H,8H2,(H,22,23). The van der Waals surface area contributed by atoms with Gasteiger partial charge in [-0.1, -0.05) is 0 Å². The second kappa shape index (κ2) is 6.17. The van der Waals surface area contributed by atoms with Crippen molar-refractivity contribution >= 4 is 17.8 Å². The summed E-state index contributed by atoms with van der Waals surface area (Å²) in [7, 11) is 0. The van der Waals surface area contributed by atoms with Crippen LogP contribution in [0.2, 0.25) is 0 Å². The molecule has 2 amide bonds. The molecule has 2 aromatic carbocycles. The lowest BCUT2D eigenvalue weighted by molar-refractivity contribution is -0.138. The van der Waals surface area contributed by atoms with Crippen molar-refractivity contribution in [3.63, 3.8) is 0 Å². The summed E-state index contributed by atoms with van der Waals surface area (Å²) >= 11 is 0. The van der Waals surface area contributed by atoms with Gasteiger partial charge in [0.15, 0.2) is 0 Å². The van der Waals surface area contributed by atoms with E-state index in [2.05, 4.69) is 0 Å². The predicted octanol–water partition coefficient (Wildman–Crippen LogP) is 3.18. The lowest BCUT2D eigenvalue weighted by atomic mass is 10.1. The number of hydrogen-bond donors (Lipinski definition) is 1. The molecule has 134 valence electrons. The van der Waals surface area contributed by atoms with Gasteiger partial charge in [0.05, 0.1) is 16.7 Å². The van der Waals surface area contributed by atoms with Crippen molar-refractivity contribution in [1.82, 2.24) is 4.90 Å². The fraction of sp³-hybridized carbons (Fsp3) is 0.118. The fourth-order valence-corrected chi connectivity index (χ4v) is 2.46. The molecule has 9 heteroatoms. The third-order valence-electron chi connectivity index (χ3n) is 3.65. The quantitative estimate of drug-likeness (QED) is 0.842. The van der Waals surface area contributed by atoms with E-state index in [1.54, 1.807) is 0 Å². The van der Waals surface area contributed by atoms with Crippen molar-refractivity contribution in [3.8, 4) is 11.5 Å². The number of alkyl halides is 3. The molecular formula is C17H10F3NO5. The zero-order valence-corrected chi connectivity index (χ0v) is 12.9. The molecule has 0 aliphatic carbocycles. The minimum atomic E-state index is -4.47. The van der Waals surface area contributed by atoms with Crippen molar-refractivity contribution in [2.75, 3.05) is 6.54 Å². The Bertz CT molecular complexity index is 906. The van der Waals surface area contributed by atoms with Crippen LogP contribution >= 0.6 is 0 Å². The van der Waals surface area contributed by atoms with Crippen LogP contribution in [0.1, 0.15) is 26.3 Å². The van der Waals surface area contributed by atoms with Gasteiger partial charge in [0.25, 0.3) is 11.8 Å². The first-order valence-corrected chi connectivity index (χ1v) is 7.24. The summed E-state index contributed by atoms with van der Waals surface area (Å²) in [6.07, 6.45) is -4.47. The number of halogens is 3. The van der Waals surface area contributed by atoms with Gasteiger partial charge in [0, 0.05) is 0 Å². The highest BCUT2D eigenvalue weighted by Crippen LogP contribution is 2.32. The number of imide groups is 1. The van der Waals surface area contributed by atoms with Gasteiger partial charge >= 0.3 is 12.1 Å². The first-order chi connectivity index (χ1) is 12.2. The largest absolute Gasteiger partial charge is 0.480 e. The van der Waals surface area contributed by atoms with Gasteiger partial charge in [-0.25, -0.2) is 0 Å². The number of carboxylic acids is 1. The third-order valence-corrected chi connectivity index (χ3v) is 3.65. The fourth-order valence-electron chi connectivity index (χ4n) is 2.46. The number of carbonyl (C=O) groups is 3. The number of carboxylic acid groups (broad SMARTS) is 1. The van der Waals surface area contributed by atoms with Crippen molar-refractivity contribution in [2.45, 2.75) is 6.18 Å². The Balaban J connectivity index is 1.83. The number of rotatable bonds is 4. The number of hydrogen-bond acceptors (Lipinski definition) is 4. The zero-order valence-electron chi connectivity index (χ0n) is 12.9. The molecule has 3 rings (SSSR count). The highest BCUT2D eigenvalue weighted by molar-refractivity contribution is 6.22. The second-order valence-corrected chi connectivity index (χ2v) is 5.42. The number of fused-ring (bicyclic) bond motifs is 1. The second-order valence-electron chi connectivity index (χ2n) is 5.42. The van der Waals surface area contributed by atoms with E-state index < -0.39 is 36.1 Å². The Morgan fingerprint density at radius 1 is 0.962 bits per heavy atom. The minimum Gasteiger partial charge on any atom is -0.480 e. The molecule has 0 spiro atoms. The molecule has 0 unspecified atom stereocenters. The summed E-state index contributed by atoms with van der Waals surface area (Å²) in [5.41, 5.74) is -0.819. The number of ether oxygens (including phenoxy) is 1. The third kappa shape index (κ3) is 3.23. The number of carbonyl (C=O) groups excluding carboxylic acids is 2. The molecule has 1 aliphatic rings. The molecule has 0 aromatic heterocycles. The maximum atomic E-state index is 12.5. The number of amides is 2. The van der Waals surface area contributed by atoms with Gasteiger partial charge in [0.1, 0.15) is 18.0 Å². The van der Waals surface area contributed by atoms with E-state index in [-0.39, 0.29) is 22.6 Å². The van der Waals surface area contributed by atoms with Gasteiger partial charge in [-0.2, -0.15) is 13.2 Å². The van der Waals surface area contributed by atoms with E-state index in [0.29, 0.717) is 4.90 Å². The van der Waals surface area contributed by atoms with Crippen molar-refractivity contribution in [3.05, 3.63) is 59.2 Å². The zero-order chi connectivity index (χ0) is 19.1. The van der Waals surface area contributed by atoms with Crippen LogP contribution in [0.5, 0.6) is 11.5 Å². The number of nitrogens with zero attached hydrogens (tertiary/aromatic N) is 1. The molecule has 6 nitrogen and oxygen atoms in total. The SMILES string of the molecule is O=C(O)CN1C(=O)c2ccc(Oc3ccc(C(F)(F)F)cc3)cc2C1=O. The Kier molecular flexibility index (Phi) is 4.15. The molecule has 1 N–H and O–H groups in total. The summed E-state index contributed by atoms with van der Waals surface area (Å²) in [5, 5.41) is 8.77. The summed E-state index contributed by atoms with van der Waals surface area (Å²) in [6.45, 7) is -0.762. The van der Waals surface area contributed by atoms with E-state index >= 15 is 0 Å². The molecule has 1 aliphatic heterocycles. The Morgan fingerprint density at radius 3 is 2.12 bits per heavy atom. The van der Waals surface area contributed by atoms with Crippen LogP contribution in [-0.4, -0.2) is 34.3 Å².